The van der Waals surface area contributed by atoms with Crippen LogP contribution in [0, 0.1) is 18.6 Å². The SMILES string of the molecule is CCc1nc(NC(=O)CCc2ccc(F)c(F)c2)sc1C. The normalized spacial score (nSPS) is 10.7. The zero-order chi connectivity index (χ0) is 15.4. The molecule has 2 aromatic rings. The Morgan fingerprint density at radius 1 is 1.33 bits per heavy atom. The van der Waals surface area contributed by atoms with Crippen LogP contribution in [0.1, 0.15) is 29.5 Å². The first-order valence-corrected chi connectivity index (χ1v) is 7.51. The number of aryl methyl sites for hydroxylation is 3. The largest absolute Gasteiger partial charge is 0.302 e. The van der Waals surface area contributed by atoms with Crippen molar-refractivity contribution in [3.63, 3.8) is 0 Å². The van der Waals surface area contributed by atoms with Gasteiger partial charge in [-0.05, 0) is 37.5 Å². The number of halogens is 2. The predicted octanol–water partition coefficient (Wildman–Crippen LogP) is 3.86. The van der Waals surface area contributed by atoms with Crippen molar-refractivity contribution in [3.8, 4) is 0 Å². The minimum atomic E-state index is -0.893. The summed E-state index contributed by atoms with van der Waals surface area (Å²) in [6.07, 6.45) is 1.38. The molecule has 0 aliphatic heterocycles. The van der Waals surface area contributed by atoms with Crippen molar-refractivity contribution in [1.29, 1.82) is 0 Å². The maximum atomic E-state index is 13.1. The first-order chi connectivity index (χ1) is 9.99. The highest BCUT2D eigenvalue weighted by Crippen LogP contribution is 2.22. The van der Waals surface area contributed by atoms with E-state index in [2.05, 4.69) is 10.3 Å². The molecule has 112 valence electrons. The molecule has 3 nitrogen and oxygen atoms in total. The van der Waals surface area contributed by atoms with Crippen molar-refractivity contribution in [2.75, 3.05) is 5.32 Å². The molecule has 0 spiro atoms. The molecule has 0 radical (unpaired) electrons. The van der Waals surface area contributed by atoms with Crippen LogP contribution in [-0.2, 0) is 17.6 Å². The van der Waals surface area contributed by atoms with Crippen molar-refractivity contribution in [3.05, 3.63) is 46.0 Å². The third kappa shape index (κ3) is 4.07. The molecule has 0 unspecified atom stereocenters. The van der Waals surface area contributed by atoms with Gasteiger partial charge in [-0.15, -0.1) is 11.3 Å². The second-order valence-electron chi connectivity index (χ2n) is 4.67. The number of amides is 1. The number of carbonyl (C=O) groups is 1. The predicted molar refractivity (Wildman–Crippen MR) is 79.5 cm³/mol. The first-order valence-electron chi connectivity index (χ1n) is 6.69. The van der Waals surface area contributed by atoms with Crippen LogP contribution in [0.2, 0.25) is 0 Å². The van der Waals surface area contributed by atoms with Gasteiger partial charge in [0.2, 0.25) is 5.91 Å². The average molecular weight is 310 g/mol. The number of rotatable bonds is 5. The molecule has 0 saturated heterocycles. The van der Waals surface area contributed by atoms with Gasteiger partial charge in [-0.25, -0.2) is 13.8 Å². The van der Waals surface area contributed by atoms with Gasteiger partial charge in [0.05, 0.1) is 5.69 Å². The Labute approximate surface area is 126 Å². The molecule has 1 N–H and O–H groups in total. The fourth-order valence-electron chi connectivity index (χ4n) is 1.94. The van der Waals surface area contributed by atoms with Crippen LogP contribution in [0.15, 0.2) is 18.2 Å². The molecule has 21 heavy (non-hydrogen) atoms. The van der Waals surface area contributed by atoms with Gasteiger partial charge in [0.15, 0.2) is 16.8 Å². The molecule has 6 heteroatoms. The summed E-state index contributed by atoms with van der Waals surface area (Å²) >= 11 is 1.44. The van der Waals surface area contributed by atoms with E-state index in [1.165, 1.54) is 17.4 Å². The van der Waals surface area contributed by atoms with Crippen LogP contribution in [0.5, 0.6) is 0 Å². The van der Waals surface area contributed by atoms with E-state index in [9.17, 15) is 13.6 Å². The highest BCUT2D eigenvalue weighted by atomic mass is 32.1. The van der Waals surface area contributed by atoms with Crippen LogP contribution in [0.3, 0.4) is 0 Å². The third-order valence-electron chi connectivity index (χ3n) is 3.10. The fourth-order valence-corrected chi connectivity index (χ4v) is 2.86. The number of carbonyl (C=O) groups excluding carboxylic acids is 1. The quantitative estimate of drug-likeness (QED) is 0.911. The molecular weight excluding hydrogens is 294 g/mol. The van der Waals surface area contributed by atoms with Gasteiger partial charge >= 0.3 is 0 Å². The number of aromatic nitrogens is 1. The van der Waals surface area contributed by atoms with Crippen molar-refractivity contribution >= 4 is 22.4 Å². The number of anilines is 1. The Morgan fingerprint density at radius 2 is 2.10 bits per heavy atom. The lowest BCUT2D eigenvalue weighted by Crippen LogP contribution is -2.12. The summed E-state index contributed by atoms with van der Waals surface area (Å²) in [5.41, 5.74) is 1.57. The zero-order valence-electron chi connectivity index (χ0n) is 11.9. The summed E-state index contributed by atoms with van der Waals surface area (Å²) in [5.74, 6) is -1.96. The Hall–Kier alpha value is -1.82. The van der Waals surface area contributed by atoms with Crippen molar-refractivity contribution < 1.29 is 13.6 Å². The molecule has 0 atom stereocenters. The van der Waals surface area contributed by atoms with Gasteiger partial charge in [-0.1, -0.05) is 13.0 Å². The molecule has 0 saturated carbocycles. The van der Waals surface area contributed by atoms with E-state index in [4.69, 9.17) is 0 Å². The van der Waals surface area contributed by atoms with Crippen molar-refractivity contribution in [1.82, 2.24) is 4.98 Å². The number of nitrogens with one attached hydrogen (secondary N) is 1. The minimum absolute atomic E-state index is 0.184. The Balaban J connectivity index is 1.90. The standard InChI is InChI=1S/C15H16F2N2OS/c1-3-13-9(2)21-15(18-13)19-14(20)7-5-10-4-6-11(16)12(17)8-10/h4,6,8H,3,5,7H2,1-2H3,(H,18,19,20). The average Bonchev–Trinajstić information content (AvgIpc) is 2.80. The van der Waals surface area contributed by atoms with Gasteiger partial charge in [0, 0.05) is 11.3 Å². The molecule has 1 aromatic heterocycles. The van der Waals surface area contributed by atoms with E-state index < -0.39 is 11.6 Å². The van der Waals surface area contributed by atoms with E-state index in [-0.39, 0.29) is 12.3 Å². The summed E-state index contributed by atoms with van der Waals surface area (Å²) in [6, 6.07) is 3.67. The van der Waals surface area contributed by atoms with Crippen LogP contribution in [0.4, 0.5) is 13.9 Å². The van der Waals surface area contributed by atoms with Crippen LogP contribution in [-0.4, -0.2) is 10.9 Å². The van der Waals surface area contributed by atoms with Crippen LogP contribution in [0.25, 0.3) is 0 Å². The second-order valence-corrected chi connectivity index (χ2v) is 5.88. The molecule has 0 bridgehead atoms. The fraction of sp³-hybridized carbons (Fsp3) is 0.333. The van der Waals surface area contributed by atoms with E-state index in [0.29, 0.717) is 17.1 Å². The second kappa shape index (κ2) is 6.76. The van der Waals surface area contributed by atoms with Gasteiger partial charge in [0.1, 0.15) is 0 Å². The Bertz CT molecular complexity index is 655. The highest BCUT2D eigenvalue weighted by Gasteiger charge is 2.10. The highest BCUT2D eigenvalue weighted by molar-refractivity contribution is 7.15. The van der Waals surface area contributed by atoms with E-state index in [0.717, 1.165) is 29.1 Å². The third-order valence-corrected chi connectivity index (χ3v) is 4.03. The zero-order valence-corrected chi connectivity index (χ0v) is 12.7. The Kier molecular flexibility index (Phi) is 5.01. The number of thiazole rings is 1. The van der Waals surface area contributed by atoms with Crippen LogP contribution < -0.4 is 5.32 Å². The monoisotopic (exact) mass is 310 g/mol. The van der Waals surface area contributed by atoms with E-state index in [1.54, 1.807) is 0 Å². The van der Waals surface area contributed by atoms with Crippen molar-refractivity contribution in [2.24, 2.45) is 0 Å². The molecular formula is C15H16F2N2OS. The summed E-state index contributed by atoms with van der Waals surface area (Å²) in [4.78, 5) is 17.3. The van der Waals surface area contributed by atoms with Gasteiger partial charge in [-0.3, -0.25) is 4.79 Å². The Morgan fingerprint density at radius 3 is 2.71 bits per heavy atom. The van der Waals surface area contributed by atoms with Gasteiger partial charge < -0.3 is 5.32 Å². The van der Waals surface area contributed by atoms with Crippen LogP contribution >= 0.6 is 11.3 Å². The van der Waals surface area contributed by atoms with E-state index in [1.807, 2.05) is 13.8 Å². The number of hydrogen-bond donors (Lipinski definition) is 1. The summed E-state index contributed by atoms with van der Waals surface area (Å²) < 4.78 is 25.9. The maximum absolute atomic E-state index is 13.1. The minimum Gasteiger partial charge on any atom is -0.302 e. The molecule has 0 aliphatic carbocycles. The molecule has 0 aliphatic rings. The first kappa shape index (κ1) is 15.6. The number of hydrogen-bond acceptors (Lipinski definition) is 3. The number of benzene rings is 1. The van der Waals surface area contributed by atoms with E-state index >= 15 is 0 Å². The summed E-state index contributed by atoms with van der Waals surface area (Å²) in [6.45, 7) is 3.98. The maximum Gasteiger partial charge on any atom is 0.226 e. The molecule has 1 amide bonds. The van der Waals surface area contributed by atoms with Gasteiger partial charge in [0.25, 0.3) is 0 Å². The summed E-state index contributed by atoms with van der Waals surface area (Å²) in [5, 5.41) is 3.32. The molecule has 0 fully saturated rings. The molecule has 1 aromatic carbocycles. The van der Waals surface area contributed by atoms with Crippen molar-refractivity contribution in [2.45, 2.75) is 33.1 Å². The smallest absolute Gasteiger partial charge is 0.226 e. The molecule has 2 rings (SSSR count). The topological polar surface area (TPSA) is 42.0 Å². The summed E-state index contributed by atoms with van der Waals surface area (Å²) in [7, 11) is 0. The van der Waals surface area contributed by atoms with Gasteiger partial charge in [-0.2, -0.15) is 0 Å². The number of nitrogens with zero attached hydrogens (tertiary/aromatic N) is 1. The lowest BCUT2D eigenvalue weighted by Gasteiger charge is -2.03. The lowest BCUT2D eigenvalue weighted by molar-refractivity contribution is -0.116. The molecule has 1 heterocycles. The lowest BCUT2D eigenvalue weighted by atomic mass is 10.1.